The maximum atomic E-state index is 12.8. The van der Waals surface area contributed by atoms with Crippen LogP contribution in [0.3, 0.4) is 0 Å². The number of thioether (sulfide) groups is 1. The number of hydrogen-bond acceptors (Lipinski definition) is 2. The Morgan fingerprint density at radius 3 is 2.68 bits per heavy atom. The molecular formula is C15H16F3IN2S. The summed E-state index contributed by atoms with van der Waals surface area (Å²) in [5.74, 6) is 2.28. The van der Waals surface area contributed by atoms with Crippen molar-refractivity contribution in [3.8, 4) is 0 Å². The molecule has 2 aromatic rings. The lowest BCUT2D eigenvalue weighted by atomic mass is 10.1. The van der Waals surface area contributed by atoms with Crippen LogP contribution in [0.2, 0.25) is 0 Å². The number of anilines is 1. The van der Waals surface area contributed by atoms with E-state index >= 15 is 0 Å². The third-order valence-electron chi connectivity index (χ3n) is 3.81. The molecule has 0 spiro atoms. The quantitative estimate of drug-likeness (QED) is 0.668. The third-order valence-corrected chi connectivity index (χ3v) is 5.76. The first-order valence-electron chi connectivity index (χ1n) is 7.13. The standard InChI is InChI=1S/C15H16F3IN2S/c16-15(17,18)9-21-13-3-1-2-12(11(13)8-14(21)19)20-10-4-6-22-7-5-10/h1-3,8,10,20H,4-7,9H2. The molecule has 1 aliphatic heterocycles. The average Bonchev–Trinajstić information content (AvgIpc) is 2.76. The lowest BCUT2D eigenvalue weighted by Crippen LogP contribution is -2.24. The smallest absolute Gasteiger partial charge is 0.382 e. The number of alkyl halides is 3. The normalized spacial score (nSPS) is 17.1. The van der Waals surface area contributed by atoms with E-state index in [1.54, 1.807) is 6.07 Å². The van der Waals surface area contributed by atoms with Gasteiger partial charge in [0.25, 0.3) is 0 Å². The number of aromatic nitrogens is 1. The highest BCUT2D eigenvalue weighted by Gasteiger charge is 2.29. The molecule has 1 aromatic carbocycles. The van der Waals surface area contributed by atoms with E-state index in [4.69, 9.17) is 0 Å². The average molecular weight is 440 g/mol. The van der Waals surface area contributed by atoms with Crippen molar-refractivity contribution in [1.29, 1.82) is 0 Å². The fourth-order valence-electron chi connectivity index (χ4n) is 2.78. The number of nitrogens with zero attached hydrogens (tertiary/aromatic N) is 1. The second-order valence-electron chi connectivity index (χ2n) is 5.44. The second kappa shape index (κ2) is 6.51. The van der Waals surface area contributed by atoms with Crippen molar-refractivity contribution in [2.45, 2.75) is 31.6 Å². The largest absolute Gasteiger partial charge is 0.406 e. The van der Waals surface area contributed by atoms with Gasteiger partial charge in [-0.1, -0.05) is 6.07 Å². The van der Waals surface area contributed by atoms with E-state index in [1.807, 2.05) is 52.6 Å². The summed E-state index contributed by atoms with van der Waals surface area (Å²) in [5.41, 5.74) is 1.57. The summed E-state index contributed by atoms with van der Waals surface area (Å²) < 4.78 is 40.2. The minimum atomic E-state index is -4.21. The van der Waals surface area contributed by atoms with Gasteiger partial charge in [0, 0.05) is 17.1 Å². The molecule has 120 valence electrons. The summed E-state index contributed by atoms with van der Waals surface area (Å²) in [4.78, 5) is 0. The highest BCUT2D eigenvalue weighted by atomic mass is 127. The zero-order valence-corrected chi connectivity index (χ0v) is 14.8. The highest BCUT2D eigenvalue weighted by Crippen LogP contribution is 2.32. The Balaban J connectivity index is 1.93. The van der Waals surface area contributed by atoms with Crippen LogP contribution < -0.4 is 5.32 Å². The van der Waals surface area contributed by atoms with Crippen molar-refractivity contribution in [2.24, 2.45) is 0 Å². The Morgan fingerprint density at radius 1 is 1.27 bits per heavy atom. The Bertz CT molecular complexity index is 663. The van der Waals surface area contributed by atoms with Gasteiger partial charge >= 0.3 is 6.18 Å². The van der Waals surface area contributed by atoms with Gasteiger partial charge in [0.05, 0.1) is 9.22 Å². The van der Waals surface area contributed by atoms with E-state index in [0.29, 0.717) is 15.3 Å². The van der Waals surface area contributed by atoms with Crippen LogP contribution in [0.4, 0.5) is 18.9 Å². The van der Waals surface area contributed by atoms with Crippen molar-refractivity contribution in [1.82, 2.24) is 4.57 Å². The van der Waals surface area contributed by atoms with Crippen molar-refractivity contribution in [3.05, 3.63) is 28.0 Å². The van der Waals surface area contributed by atoms with Crippen LogP contribution in [0, 0.1) is 3.70 Å². The van der Waals surface area contributed by atoms with Crippen LogP contribution in [0.15, 0.2) is 24.3 Å². The van der Waals surface area contributed by atoms with Gasteiger partial charge < -0.3 is 9.88 Å². The molecule has 2 heterocycles. The topological polar surface area (TPSA) is 17.0 Å². The molecule has 0 amide bonds. The number of benzene rings is 1. The summed E-state index contributed by atoms with van der Waals surface area (Å²) in [7, 11) is 0. The molecule has 1 aliphatic rings. The molecule has 0 atom stereocenters. The molecule has 2 nitrogen and oxygen atoms in total. The molecule has 1 fully saturated rings. The van der Waals surface area contributed by atoms with Gasteiger partial charge in [0.2, 0.25) is 0 Å². The van der Waals surface area contributed by atoms with Crippen LogP contribution in [-0.4, -0.2) is 28.3 Å². The van der Waals surface area contributed by atoms with E-state index in [-0.39, 0.29) is 0 Å². The van der Waals surface area contributed by atoms with Crippen molar-refractivity contribution < 1.29 is 13.2 Å². The van der Waals surface area contributed by atoms with Gasteiger partial charge in [-0.3, -0.25) is 0 Å². The summed E-state index contributed by atoms with van der Waals surface area (Å²) in [6, 6.07) is 7.78. The molecule has 0 radical (unpaired) electrons. The van der Waals surface area contributed by atoms with E-state index in [9.17, 15) is 13.2 Å². The number of halogens is 4. The molecule has 22 heavy (non-hydrogen) atoms. The fourth-order valence-corrected chi connectivity index (χ4v) is 4.63. The minimum Gasteiger partial charge on any atom is -0.382 e. The van der Waals surface area contributed by atoms with E-state index in [1.165, 1.54) is 4.57 Å². The van der Waals surface area contributed by atoms with Gasteiger partial charge in [-0.2, -0.15) is 24.9 Å². The van der Waals surface area contributed by atoms with Gasteiger partial charge in [-0.05, 0) is 65.1 Å². The molecule has 1 N–H and O–H groups in total. The fraction of sp³-hybridized carbons (Fsp3) is 0.467. The molecule has 0 bridgehead atoms. The van der Waals surface area contributed by atoms with Crippen LogP contribution >= 0.6 is 34.4 Å². The highest BCUT2D eigenvalue weighted by molar-refractivity contribution is 14.1. The van der Waals surface area contributed by atoms with Gasteiger partial charge in [0.15, 0.2) is 0 Å². The molecule has 7 heteroatoms. The van der Waals surface area contributed by atoms with Crippen molar-refractivity contribution >= 4 is 50.9 Å². The van der Waals surface area contributed by atoms with Gasteiger partial charge in [0.1, 0.15) is 6.54 Å². The first-order chi connectivity index (χ1) is 10.4. The predicted molar refractivity (Wildman–Crippen MR) is 94.7 cm³/mol. The van der Waals surface area contributed by atoms with Crippen LogP contribution in [0.1, 0.15) is 12.8 Å². The van der Waals surface area contributed by atoms with Crippen molar-refractivity contribution in [2.75, 3.05) is 16.8 Å². The van der Waals surface area contributed by atoms with Crippen LogP contribution in [0.5, 0.6) is 0 Å². The van der Waals surface area contributed by atoms with E-state index in [2.05, 4.69) is 5.32 Å². The lowest BCUT2D eigenvalue weighted by Gasteiger charge is -2.24. The maximum Gasteiger partial charge on any atom is 0.406 e. The molecule has 1 saturated heterocycles. The Hall–Kier alpha value is -0.570. The Morgan fingerprint density at radius 2 is 2.00 bits per heavy atom. The Labute approximate surface area is 145 Å². The zero-order valence-electron chi connectivity index (χ0n) is 11.8. The maximum absolute atomic E-state index is 12.8. The molecule has 1 aromatic heterocycles. The molecule has 0 aliphatic carbocycles. The first kappa shape index (κ1) is 16.3. The summed E-state index contributed by atoms with van der Waals surface area (Å²) in [6.07, 6.45) is -2.02. The van der Waals surface area contributed by atoms with E-state index in [0.717, 1.165) is 35.4 Å². The number of hydrogen-bond donors (Lipinski definition) is 1. The van der Waals surface area contributed by atoms with Crippen LogP contribution in [0.25, 0.3) is 10.9 Å². The monoisotopic (exact) mass is 440 g/mol. The Kier molecular flexibility index (Phi) is 4.82. The molecule has 0 saturated carbocycles. The SMILES string of the molecule is FC(F)(F)Cn1c(I)cc2c(NC3CCSCC3)cccc21. The third kappa shape index (κ3) is 3.67. The van der Waals surface area contributed by atoms with Gasteiger partial charge in [-0.25, -0.2) is 0 Å². The zero-order chi connectivity index (χ0) is 15.7. The number of rotatable bonds is 3. The first-order valence-corrected chi connectivity index (χ1v) is 9.36. The van der Waals surface area contributed by atoms with E-state index < -0.39 is 12.7 Å². The lowest BCUT2D eigenvalue weighted by molar-refractivity contribution is -0.140. The number of nitrogens with one attached hydrogen (secondary N) is 1. The minimum absolute atomic E-state index is 0.412. The molecule has 3 rings (SSSR count). The van der Waals surface area contributed by atoms with Crippen LogP contribution in [-0.2, 0) is 6.54 Å². The summed E-state index contributed by atoms with van der Waals surface area (Å²) in [6.45, 7) is -0.946. The summed E-state index contributed by atoms with van der Waals surface area (Å²) >= 11 is 3.93. The van der Waals surface area contributed by atoms with Gasteiger partial charge in [-0.15, -0.1) is 0 Å². The number of fused-ring (bicyclic) bond motifs is 1. The van der Waals surface area contributed by atoms with Crippen molar-refractivity contribution in [3.63, 3.8) is 0 Å². The second-order valence-corrected chi connectivity index (χ2v) is 7.77. The summed E-state index contributed by atoms with van der Waals surface area (Å²) in [5, 5.41) is 4.39. The predicted octanol–water partition coefficient (Wildman–Crippen LogP) is 5.12. The molecule has 0 unspecified atom stereocenters. The molecular weight excluding hydrogens is 424 g/mol.